The van der Waals surface area contributed by atoms with Gasteiger partial charge in [0.25, 0.3) is 5.91 Å². The Balaban J connectivity index is 1.57. The minimum atomic E-state index is -0.936. The molecule has 0 bridgehead atoms. The van der Waals surface area contributed by atoms with E-state index in [1.807, 2.05) is 31.2 Å². The molecule has 1 aromatic carbocycles. The number of carbonyl (C=O) groups is 1. The molecule has 0 aliphatic carbocycles. The van der Waals surface area contributed by atoms with E-state index < -0.39 is 17.5 Å². The number of aromatic nitrogens is 3. The molecule has 1 fully saturated rings. The molecule has 7 heteroatoms. The number of amides is 1. The van der Waals surface area contributed by atoms with Crippen LogP contribution in [-0.2, 0) is 0 Å². The van der Waals surface area contributed by atoms with Gasteiger partial charge in [0.15, 0.2) is 11.5 Å². The highest BCUT2D eigenvalue weighted by atomic mass is 19.1. The molecule has 1 amide bonds. The first-order valence-electron chi connectivity index (χ1n) is 9.23. The molecule has 3 aromatic rings. The molecule has 28 heavy (non-hydrogen) atoms. The van der Waals surface area contributed by atoms with E-state index in [4.69, 9.17) is 0 Å². The van der Waals surface area contributed by atoms with Gasteiger partial charge in [-0.3, -0.25) is 9.89 Å². The van der Waals surface area contributed by atoms with Crippen LogP contribution >= 0.6 is 0 Å². The molecule has 1 atom stereocenters. The van der Waals surface area contributed by atoms with Gasteiger partial charge < -0.3 is 4.90 Å². The largest absolute Gasteiger partial charge is 0.337 e. The van der Waals surface area contributed by atoms with Crippen LogP contribution in [0, 0.1) is 18.6 Å². The average molecular weight is 382 g/mol. The number of aryl methyl sites for hydroxylation is 1. The quantitative estimate of drug-likeness (QED) is 0.743. The van der Waals surface area contributed by atoms with Crippen LogP contribution in [0.4, 0.5) is 8.78 Å². The first kappa shape index (κ1) is 18.3. The minimum Gasteiger partial charge on any atom is -0.337 e. The third-order valence-corrected chi connectivity index (χ3v) is 5.16. The van der Waals surface area contributed by atoms with Gasteiger partial charge in [0.05, 0.1) is 12.4 Å². The number of aromatic amines is 1. The third-order valence-electron chi connectivity index (χ3n) is 5.16. The molecule has 0 radical (unpaired) electrons. The van der Waals surface area contributed by atoms with Gasteiger partial charge in [-0.15, -0.1) is 0 Å². The highest BCUT2D eigenvalue weighted by molar-refractivity contribution is 5.92. The normalized spacial score (nSPS) is 17.0. The molecule has 3 heterocycles. The van der Waals surface area contributed by atoms with E-state index in [2.05, 4.69) is 15.2 Å². The summed E-state index contributed by atoms with van der Waals surface area (Å²) in [4.78, 5) is 17.9. The van der Waals surface area contributed by atoms with Crippen molar-refractivity contribution >= 4 is 5.91 Å². The van der Waals surface area contributed by atoms with Crippen molar-refractivity contribution in [2.75, 3.05) is 13.1 Å². The molecule has 1 aliphatic rings. The first-order chi connectivity index (χ1) is 13.5. The zero-order chi connectivity index (χ0) is 19.7. The second-order valence-electron chi connectivity index (χ2n) is 7.14. The standard InChI is InChI=1S/C21H20F2N4O/c1-13-4-6-14(7-5-13)17-11-25-26-19(17)15-3-2-8-27(12-15)21(28)20-18(23)9-16(22)10-24-20/h4-7,9-11,15H,2-3,8,12H2,1H3,(H,25,26). The average Bonchev–Trinajstić information content (AvgIpc) is 3.18. The summed E-state index contributed by atoms with van der Waals surface area (Å²) in [5.74, 6) is -2.20. The number of halogens is 2. The summed E-state index contributed by atoms with van der Waals surface area (Å²) in [6.07, 6.45) is 4.33. The van der Waals surface area contributed by atoms with E-state index in [1.54, 1.807) is 11.1 Å². The molecule has 0 spiro atoms. The topological polar surface area (TPSA) is 61.9 Å². The number of likely N-dealkylation sites (tertiary alicyclic amines) is 1. The number of nitrogens with one attached hydrogen (secondary N) is 1. The van der Waals surface area contributed by atoms with Gasteiger partial charge in [0.2, 0.25) is 0 Å². The zero-order valence-electron chi connectivity index (χ0n) is 15.5. The Morgan fingerprint density at radius 2 is 2.00 bits per heavy atom. The Labute approximate surface area is 161 Å². The highest BCUT2D eigenvalue weighted by Gasteiger charge is 2.30. The number of piperidine rings is 1. The van der Waals surface area contributed by atoms with Crippen molar-refractivity contribution in [3.8, 4) is 11.1 Å². The van der Waals surface area contributed by atoms with Crippen molar-refractivity contribution < 1.29 is 13.6 Å². The number of benzene rings is 1. The number of nitrogens with zero attached hydrogens (tertiary/aromatic N) is 3. The lowest BCUT2D eigenvalue weighted by atomic mass is 9.90. The minimum absolute atomic E-state index is 0.0556. The van der Waals surface area contributed by atoms with Crippen LogP contribution in [0.3, 0.4) is 0 Å². The van der Waals surface area contributed by atoms with Crippen LogP contribution in [0.25, 0.3) is 11.1 Å². The molecular formula is C21H20F2N4O. The Kier molecular flexibility index (Phi) is 4.90. The van der Waals surface area contributed by atoms with Crippen LogP contribution in [0.5, 0.6) is 0 Å². The van der Waals surface area contributed by atoms with Crippen molar-refractivity contribution in [2.24, 2.45) is 0 Å². The van der Waals surface area contributed by atoms with E-state index in [0.717, 1.165) is 35.9 Å². The van der Waals surface area contributed by atoms with Crippen molar-refractivity contribution in [1.82, 2.24) is 20.1 Å². The van der Waals surface area contributed by atoms with Gasteiger partial charge in [0, 0.05) is 36.3 Å². The second-order valence-corrected chi connectivity index (χ2v) is 7.14. The molecule has 1 unspecified atom stereocenters. The number of rotatable bonds is 3. The summed E-state index contributed by atoms with van der Waals surface area (Å²) in [6, 6.07) is 8.88. The number of hydrogen-bond donors (Lipinski definition) is 1. The van der Waals surface area contributed by atoms with Gasteiger partial charge >= 0.3 is 0 Å². The number of pyridine rings is 1. The fourth-order valence-corrected chi connectivity index (χ4v) is 3.69. The molecule has 5 nitrogen and oxygen atoms in total. The van der Waals surface area contributed by atoms with Gasteiger partial charge in [-0.25, -0.2) is 13.8 Å². The summed E-state index contributed by atoms with van der Waals surface area (Å²) in [7, 11) is 0. The lowest BCUT2D eigenvalue weighted by molar-refractivity contribution is 0.0694. The van der Waals surface area contributed by atoms with Crippen molar-refractivity contribution in [3.05, 3.63) is 71.3 Å². The predicted octanol–water partition coefficient (Wildman–Crippen LogP) is 4.08. The van der Waals surface area contributed by atoms with Crippen molar-refractivity contribution in [1.29, 1.82) is 0 Å². The van der Waals surface area contributed by atoms with Crippen molar-refractivity contribution in [2.45, 2.75) is 25.7 Å². The molecule has 144 valence electrons. The summed E-state index contributed by atoms with van der Waals surface area (Å²) < 4.78 is 27.1. The maximum absolute atomic E-state index is 14.0. The molecule has 0 saturated carbocycles. The molecule has 1 saturated heterocycles. The Hall–Kier alpha value is -3.09. The number of hydrogen-bond acceptors (Lipinski definition) is 3. The molecular weight excluding hydrogens is 362 g/mol. The number of H-pyrrole nitrogens is 1. The Morgan fingerprint density at radius 1 is 1.21 bits per heavy atom. The molecule has 2 aromatic heterocycles. The first-order valence-corrected chi connectivity index (χ1v) is 9.23. The molecule has 1 N–H and O–H groups in total. The Morgan fingerprint density at radius 3 is 2.75 bits per heavy atom. The summed E-state index contributed by atoms with van der Waals surface area (Å²) in [6.45, 7) is 2.98. The van der Waals surface area contributed by atoms with Crippen LogP contribution < -0.4 is 0 Å². The van der Waals surface area contributed by atoms with Gasteiger partial charge in [-0.2, -0.15) is 5.10 Å². The van der Waals surface area contributed by atoms with Gasteiger partial charge in [0.1, 0.15) is 5.82 Å². The maximum Gasteiger partial charge on any atom is 0.275 e. The van der Waals surface area contributed by atoms with E-state index in [0.29, 0.717) is 19.2 Å². The van der Waals surface area contributed by atoms with Crippen LogP contribution in [-0.4, -0.2) is 39.1 Å². The van der Waals surface area contributed by atoms with E-state index in [-0.39, 0.29) is 11.6 Å². The van der Waals surface area contributed by atoms with Gasteiger partial charge in [-0.1, -0.05) is 29.8 Å². The van der Waals surface area contributed by atoms with E-state index in [1.165, 1.54) is 5.56 Å². The summed E-state index contributed by atoms with van der Waals surface area (Å²) >= 11 is 0. The van der Waals surface area contributed by atoms with Crippen LogP contribution in [0.15, 0.2) is 42.7 Å². The van der Waals surface area contributed by atoms with Crippen LogP contribution in [0.1, 0.15) is 40.5 Å². The lowest BCUT2D eigenvalue weighted by Gasteiger charge is -2.32. The molecule has 1 aliphatic heterocycles. The fourth-order valence-electron chi connectivity index (χ4n) is 3.69. The predicted molar refractivity (Wildman–Crippen MR) is 101 cm³/mol. The monoisotopic (exact) mass is 382 g/mol. The van der Waals surface area contributed by atoms with Gasteiger partial charge in [-0.05, 0) is 25.3 Å². The van der Waals surface area contributed by atoms with Crippen molar-refractivity contribution in [3.63, 3.8) is 0 Å². The second kappa shape index (κ2) is 7.50. The van der Waals surface area contributed by atoms with E-state index in [9.17, 15) is 13.6 Å². The lowest BCUT2D eigenvalue weighted by Crippen LogP contribution is -2.40. The highest BCUT2D eigenvalue weighted by Crippen LogP contribution is 2.33. The van der Waals surface area contributed by atoms with Crippen LogP contribution in [0.2, 0.25) is 0 Å². The smallest absolute Gasteiger partial charge is 0.275 e. The summed E-state index contributed by atoms with van der Waals surface area (Å²) in [5, 5.41) is 7.28. The Bertz CT molecular complexity index is 1000. The SMILES string of the molecule is Cc1ccc(-c2cn[nH]c2C2CCCN(C(=O)c3ncc(F)cc3F)C2)cc1. The van der Waals surface area contributed by atoms with E-state index >= 15 is 0 Å². The fraction of sp³-hybridized carbons (Fsp3) is 0.286. The number of carbonyl (C=O) groups excluding carboxylic acids is 1. The third kappa shape index (κ3) is 3.52. The maximum atomic E-state index is 14.0. The summed E-state index contributed by atoms with van der Waals surface area (Å²) in [5.41, 5.74) is 3.87. The zero-order valence-corrected chi connectivity index (χ0v) is 15.5. The molecule has 4 rings (SSSR count).